The minimum Gasteiger partial charge on any atom is -0.490 e. The van der Waals surface area contributed by atoms with Crippen LogP contribution in [0.2, 0.25) is 10.0 Å². The molecule has 39 heavy (non-hydrogen) atoms. The van der Waals surface area contributed by atoms with Crippen molar-refractivity contribution in [1.29, 1.82) is 0 Å². The highest BCUT2D eigenvalue weighted by Crippen LogP contribution is 2.37. The Bertz CT molecular complexity index is 1350. The van der Waals surface area contributed by atoms with Gasteiger partial charge >= 0.3 is 0 Å². The van der Waals surface area contributed by atoms with Crippen LogP contribution in [0.1, 0.15) is 47.8 Å². The maximum Gasteiger partial charge on any atom is 0.262 e. The van der Waals surface area contributed by atoms with E-state index in [2.05, 4.69) is 31.8 Å². The largest absolute Gasteiger partial charge is 0.490 e. The summed E-state index contributed by atoms with van der Waals surface area (Å²) in [6, 6.07) is 15.4. The van der Waals surface area contributed by atoms with Crippen molar-refractivity contribution in [3.63, 3.8) is 0 Å². The molecule has 0 aliphatic heterocycles. The Hall–Kier alpha value is -3.07. The molecule has 206 valence electrons. The molecule has 0 aliphatic carbocycles. The fourth-order valence-electron chi connectivity index (χ4n) is 3.54. The van der Waals surface area contributed by atoms with E-state index >= 15 is 0 Å². The first kappa shape index (κ1) is 30.5. The zero-order valence-electron chi connectivity index (χ0n) is 22.1. The summed E-state index contributed by atoms with van der Waals surface area (Å²) in [7, 11) is 0. The van der Waals surface area contributed by atoms with E-state index in [1.807, 2.05) is 58.0 Å². The van der Waals surface area contributed by atoms with E-state index in [9.17, 15) is 9.59 Å². The minimum atomic E-state index is -0.827. The van der Waals surface area contributed by atoms with Crippen LogP contribution >= 0.6 is 39.1 Å². The van der Waals surface area contributed by atoms with Crippen LogP contribution in [0.25, 0.3) is 0 Å². The van der Waals surface area contributed by atoms with E-state index in [4.69, 9.17) is 32.7 Å². The number of carbonyl (C=O) groups is 2. The first-order chi connectivity index (χ1) is 18.6. The average molecular weight is 635 g/mol. The van der Waals surface area contributed by atoms with E-state index in [1.54, 1.807) is 12.1 Å². The molecular formula is C29H30BrCl2N3O4. The quantitative estimate of drug-likeness (QED) is 0.177. The first-order valence-corrected chi connectivity index (χ1v) is 13.9. The summed E-state index contributed by atoms with van der Waals surface area (Å²) in [5, 5.41) is 7.41. The topological polar surface area (TPSA) is 89.0 Å². The van der Waals surface area contributed by atoms with Crippen LogP contribution in [-0.4, -0.2) is 30.7 Å². The summed E-state index contributed by atoms with van der Waals surface area (Å²) in [6.45, 7) is 8.39. The molecule has 0 fully saturated rings. The lowest BCUT2D eigenvalue weighted by Gasteiger charge is -2.20. The van der Waals surface area contributed by atoms with Gasteiger partial charge in [-0.1, -0.05) is 66.9 Å². The Morgan fingerprint density at radius 3 is 2.38 bits per heavy atom. The number of carbonyl (C=O) groups excluding carboxylic acids is 2. The lowest BCUT2D eigenvalue weighted by Crippen LogP contribution is -2.48. The fraction of sp³-hybridized carbons (Fsp3) is 0.276. The van der Waals surface area contributed by atoms with Crippen molar-refractivity contribution in [2.75, 3.05) is 6.61 Å². The number of ether oxygens (including phenoxy) is 2. The van der Waals surface area contributed by atoms with E-state index in [-0.39, 0.29) is 10.9 Å². The molecule has 2 N–H and O–H groups in total. The van der Waals surface area contributed by atoms with Gasteiger partial charge in [0.15, 0.2) is 11.5 Å². The summed E-state index contributed by atoms with van der Waals surface area (Å²) in [4.78, 5) is 25.5. The number of hydrogen-bond acceptors (Lipinski definition) is 5. The highest BCUT2D eigenvalue weighted by atomic mass is 79.9. The van der Waals surface area contributed by atoms with Gasteiger partial charge in [-0.3, -0.25) is 9.59 Å². The number of nitrogens with one attached hydrogen (secondary N) is 2. The number of rotatable bonds is 11. The van der Waals surface area contributed by atoms with Crippen molar-refractivity contribution >= 4 is 57.2 Å². The van der Waals surface area contributed by atoms with Gasteiger partial charge in [0.25, 0.3) is 11.8 Å². The molecule has 0 saturated carbocycles. The lowest BCUT2D eigenvalue weighted by atomic mass is 10.0. The second kappa shape index (κ2) is 14.4. The molecule has 2 amide bonds. The van der Waals surface area contributed by atoms with Crippen LogP contribution in [0.3, 0.4) is 0 Å². The molecule has 0 saturated heterocycles. The summed E-state index contributed by atoms with van der Waals surface area (Å²) < 4.78 is 12.5. The van der Waals surface area contributed by atoms with Crippen LogP contribution in [0, 0.1) is 12.8 Å². The fourth-order valence-corrected chi connectivity index (χ4v) is 4.41. The number of nitrogens with zero attached hydrogens (tertiary/aromatic N) is 1. The molecule has 0 aliphatic rings. The second-order valence-corrected chi connectivity index (χ2v) is 10.8. The molecule has 1 atom stereocenters. The number of hydrazone groups is 1. The third-order valence-electron chi connectivity index (χ3n) is 5.64. The summed E-state index contributed by atoms with van der Waals surface area (Å²) >= 11 is 15.5. The molecule has 3 rings (SSSR count). The standard InChI is InChI=1S/C29H30BrCl2N3O4/c1-5-38-25-13-20(12-22(30)27(25)39-16-19-8-6-18(4)7-9-19)15-33-35-29(37)26(17(2)3)34-28(36)21-10-11-23(31)24(32)14-21/h6-15,17,26H,5,16H2,1-4H3,(H,34,36)(H,35,37)/b33-15+. The van der Waals surface area contributed by atoms with Gasteiger partial charge in [0, 0.05) is 5.56 Å². The monoisotopic (exact) mass is 633 g/mol. The van der Waals surface area contributed by atoms with Crippen molar-refractivity contribution < 1.29 is 19.1 Å². The molecule has 3 aromatic rings. The molecule has 10 heteroatoms. The summed E-state index contributed by atoms with van der Waals surface area (Å²) in [6.07, 6.45) is 1.49. The maximum absolute atomic E-state index is 12.9. The molecule has 0 bridgehead atoms. The van der Waals surface area contributed by atoms with Crippen LogP contribution in [-0.2, 0) is 11.4 Å². The first-order valence-electron chi connectivity index (χ1n) is 12.3. The predicted octanol–water partition coefficient (Wildman–Crippen LogP) is 6.95. The normalized spacial score (nSPS) is 11.9. The van der Waals surface area contributed by atoms with Gasteiger partial charge in [-0.25, -0.2) is 5.43 Å². The van der Waals surface area contributed by atoms with E-state index in [1.165, 1.54) is 23.9 Å². The molecule has 0 heterocycles. The minimum absolute atomic E-state index is 0.199. The average Bonchev–Trinajstić information content (AvgIpc) is 2.89. The molecular weight excluding hydrogens is 605 g/mol. The van der Waals surface area contributed by atoms with Crippen molar-refractivity contribution in [1.82, 2.24) is 10.7 Å². The Kier molecular flexibility index (Phi) is 11.2. The molecule has 7 nitrogen and oxygen atoms in total. The molecule has 1 unspecified atom stereocenters. The lowest BCUT2D eigenvalue weighted by molar-refractivity contribution is -0.123. The Morgan fingerprint density at radius 1 is 1.03 bits per heavy atom. The molecule has 0 spiro atoms. The van der Waals surface area contributed by atoms with Gasteiger partial charge in [-0.15, -0.1) is 0 Å². The maximum atomic E-state index is 12.9. The highest BCUT2D eigenvalue weighted by Gasteiger charge is 2.25. The van der Waals surface area contributed by atoms with Crippen LogP contribution in [0.15, 0.2) is 64.2 Å². The zero-order valence-corrected chi connectivity index (χ0v) is 25.2. The van der Waals surface area contributed by atoms with Gasteiger partial charge < -0.3 is 14.8 Å². The van der Waals surface area contributed by atoms with Gasteiger partial charge in [-0.2, -0.15) is 5.10 Å². The molecule has 0 radical (unpaired) electrons. The molecule has 0 aromatic heterocycles. The van der Waals surface area contributed by atoms with Crippen molar-refractivity contribution in [2.24, 2.45) is 11.0 Å². The zero-order chi connectivity index (χ0) is 28.5. The second-order valence-electron chi connectivity index (χ2n) is 9.10. The van der Waals surface area contributed by atoms with E-state index in [0.29, 0.717) is 45.3 Å². The Morgan fingerprint density at radius 2 is 1.74 bits per heavy atom. The van der Waals surface area contributed by atoms with E-state index in [0.717, 1.165) is 5.56 Å². The van der Waals surface area contributed by atoms with Crippen LogP contribution in [0.5, 0.6) is 11.5 Å². The van der Waals surface area contributed by atoms with Crippen LogP contribution in [0.4, 0.5) is 0 Å². The SMILES string of the molecule is CCOc1cc(/C=N/NC(=O)C(NC(=O)c2ccc(Cl)c(Cl)c2)C(C)C)cc(Br)c1OCc1ccc(C)cc1. The molecule has 3 aromatic carbocycles. The number of amides is 2. The van der Waals surface area contributed by atoms with Gasteiger partial charge in [0.05, 0.1) is 27.3 Å². The Labute approximate surface area is 247 Å². The number of halogens is 3. The van der Waals surface area contributed by atoms with Gasteiger partial charge in [0.1, 0.15) is 12.6 Å². The van der Waals surface area contributed by atoms with Gasteiger partial charge in [0.2, 0.25) is 0 Å². The summed E-state index contributed by atoms with van der Waals surface area (Å²) in [5.74, 6) is 0.00881. The smallest absolute Gasteiger partial charge is 0.262 e. The number of aryl methyl sites for hydroxylation is 1. The Balaban J connectivity index is 1.68. The third kappa shape index (κ3) is 8.71. The summed E-state index contributed by atoms with van der Waals surface area (Å²) in [5.41, 5.74) is 5.69. The predicted molar refractivity (Wildman–Crippen MR) is 159 cm³/mol. The third-order valence-corrected chi connectivity index (χ3v) is 6.97. The number of benzene rings is 3. The highest BCUT2D eigenvalue weighted by molar-refractivity contribution is 9.10. The van der Waals surface area contributed by atoms with Crippen LogP contribution < -0.4 is 20.2 Å². The van der Waals surface area contributed by atoms with Gasteiger partial charge in [-0.05, 0) is 77.2 Å². The van der Waals surface area contributed by atoms with Crippen molar-refractivity contribution in [2.45, 2.75) is 40.3 Å². The van der Waals surface area contributed by atoms with Crippen molar-refractivity contribution in [3.05, 3.63) is 91.4 Å². The number of hydrogen-bond donors (Lipinski definition) is 2. The van der Waals surface area contributed by atoms with Crippen molar-refractivity contribution in [3.8, 4) is 11.5 Å². The van der Waals surface area contributed by atoms with E-state index < -0.39 is 17.9 Å².